The highest BCUT2D eigenvalue weighted by Crippen LogP contribution is 2.14. The van der Waals surface area contributed by atoms with Gasteiger partial charge in [-0.15, -0.1) is 0 Å². The summed E-state index contributed by atoms with van der Waals surface area (Å²) in [6.45, 7) is -4.53. The Morgan fingerprint density at radius 2 is 1.81 bits per heavy atom. The van der Waals surface area contributed by atoms with Crippen molar-refractivity contribution in [3.63, 3.8) is 0 Å². The Balaban J connectivity index is 3.68. The van der Waals surface area contributed by atoms with Crippen LogP contribution in [0.25, 0.3) is 0 Å². The molecule has 0 atom stereocenters. The summed E-state index contributed by atoms with van der Waals surface area (Å²) in [5.74, 6) is -4.34. The van der Waals surface area contributed by atoms with Crippen molar-refractivity contribution in [2.24, 2.45) is 5.73 Å². The van der Waals surface area contributed by atoms with Gasteiger partial charge in [0.15, 0.2) is 0 Å². The van der Waals surface area contributed by atoms with Gasteiger partial charge in [0.1, 0.15) is 13.2 Å². The van der Waals surface area contributed by atoms with Crippen LogP contribution in [0.2, 0.25) is 0 Å². The smallest absolute Gasteiger partial charge is 0.362 e. The average Bonchev–Trinajstić information content (AvgIpc) is 2.13. The Hall–Kier alpha value is -0.960. The van der Waals surface area contributed by atoms with Crippen LogP contribution >= 0.6 is 0 Å². The molecule has 0 aromatic heterocycles. The molecule has 0 spiro atoms. The Morgan fingerprint density at radius 1 is 1.25 bits per heavy atom. The predicted molar refractivity (Wildman–Crippen MR) is 43.9 cm³/mol. The number of hydrogen-bond acceptors (Lipinski definition) is 3. The van der Waals surface area contributed by atoms with E-state index in [-0.39, 0.29) is 0 Å². The highest BCUT2D eigenvalue weighted by Gasteiger charge is 2.29. The molecule has 0 aromatic rings. The Morgan fingerprint density at radius 3 is 2.25 bits per heavy atom. The van der Waals surface area contributed by atoms with Crippen molar-refractivity contribution in [2.75, 3.05) is 26.3 Å². The summed E-state index contributed by atoms with van der Waals surface area (Å²) in [5, 5.41) is 1.70. The fourth-order valence-electron chi connectivity index (χ4n) is 0.611. The molecule has 3 N–H and O–H groups in total. The van der Waals surface area contributed by atoms with Gasteiger partial charge in [-0.1, -0.05) is 0 Å². The molecule has 0 radical (unpaired) electrons. The zero-order valence-corrected chi connectivity index (χ0v) is 8.11. The van der Waals surface area contributed by atoms with Gasteiger partial charge in [0.2, 0.25) is 5.91 Å². The monoisotopic (exact) mass is 250 g/mol. The zero-order chi connectivity index (χ0) is 12.8. The lowest BCUT2D eigenvalue weighted by molar-refractivity contribution is -0.175. The summed E-state index contributed by atoms with van der Waals surface area (Å²) in [6, 6.07) is 0. The van der Waals surface area contributed by atoms with Crippen molar-refractivity contribution in [2.45, 2.75) is 12.1 Å². The Labute approximate surface area is 87.9 Å². The maximum Gasteiger partial charge on any atom is 0.411 e. The molecular formula is C7H11F5N2O2. The fraction of sp³-hybridized carbons (Fsp3) is 0.857. The first kappa shape index (κ1) is 15.0. The van der Waals surface area contributed by atoms with E-state index in [2.05, 4.69) is 10.5 Å². The van der Waals surface area contributed by atoms with Gasteiger partial charge >= 0.3 is 6.18 Å². The number of carbonyl (C=O) groups is 1. The summed E-state index contributed by atoms with van der Waals surface area (Å²) in [5.41, 5.74) is 4.67. The molecule has 0 saturated carbocycles. The van der Waals surface area contributed by atoms with Crippen molar-refractivity contribution in [1.29, 1.82) is 0 Å². The molecule has 4 nitrogen and oxygen atoms in total. The number of carbonyl (C=O) groups excluding carboxylic acids is 1. The van der Waals surface area contributed by atoms with Crippen LogP contribution in [0.4, 0.5) is 22.0 Å². The second-order valence-electron chi connectivity index (χ2n) is 2.94. The van der Waals surface area contributed by atoms with Gasteiger partial charge in [-0.25, -0.2) is 8.78 Å². The minimum Gasteiger partial charge on any atom is -0.362 e. The van der Waals surface area contributed by atoms with E-state index in [0.717, 1.165) is 0 Å². The number of alkyl halides is 5. The van der Waals surface area contributed by atoms with Gasteiger partial charge in [0.25, 0.3) is 5.92 Å². The topological polar surface area (TPSA) is 64.3 Å². The standard InChI is InChI=1S/C7H11F5N2O2/c8-6(9,2-13)3-14-5(15)1-16-4-7(10,11)12/h1-4,13H2,(H,14,15). The Bertz CT molecular complexity index is 231. The van der Waals surface area contributed by atoms with E-state index >= 15 is 0 Å². The van der Waals surface area contributed by atoms with Crippen molar-refractivity contribution >= 4 is 5.91 Å². The molecule has 0 rings (SSSR count). The van der Waals surface area contributed by atoms with E-state index in [9.17, 15) is 26.7 Å². The minimum atomic E-state index is -4.55. The molecule has 0 saturated heterocycles. The van der Waals surface area contributed by atoms with E-state index in [4.69, 9.17) is 0 Å². The number of ether oxygens (including phenoxy) is 1. The van der Waals surface area contributed by atoms with Crippen LogP contribution in [0.1, 0.15) is 0 Å². The number of nitrogens with one attached hydrogen (secondary N) is 1. The number of amides is 1. The van der Waals surface area contributed by atoms with E-state index < -0.39 is 44.3 Å². The molecule has 0 aliphatic heterocycles. The van der Waals surface area contributed by atoms with Gasteiger partial charge in [-0.05, 0) is 0 Å². The van der Waals surface area contributed by atoms with Crippen LogP contribution in [0.3, 0.4) is 0 Å². The van der Waals surface area contributed by atoms with Crippen molar-refractivity contribution in [1.82, 2.24) is 5.32 Å². The van der Waals surface area contributed by atoms with Crippen LogP contribution in [-0.4, -0.2) is 44.3 Å². The molecule has 0 aliphatic carbocycles. The van der Waals surface area contributed by atoms with E-state index in [1.54, 1.807) is 5.32 Å². The molecular weight excluding hydrogens is 239 g/mol. The zero-order valence-electron chi connectivity index (χ0n) is 8.11. The fourth-order valence-corrected chi connectivity index (χ4v) is 0.611. The van der Waals surface area contributed by atoms with Crippen LogP contribution in [0.5, 0.6) is 0 Å². The van der Waals surface area contributed by atoms with Crippen molar-refractivity contribution in [3.8, 4) is 0 Å². The molecule has 96 valence electrons. The molecule has 16 heavy (non-hydrogen) atoms. The van der Waals surface area contributed by atoms with Crippen LogP contribution in [0.15, 0.2) is 0 Å². The van der Waals surface area contributed by atoms with Gasteiger partial charge in [0.05, 0.1) is 13.1 Å². The lowest BCUT2D eigenvalue weighted by Crippen LogP contribution is -2.42. The summed E-state index contributed by atoms with van der Waals surface area (Å²) in [7, 11) is 0. The van der Waals surface area contributed by atoms with Crippen molar-refractivity contribution in [3.05, 3.63) is 0 Å². The molecule has 0 aromatic carbocycles. The van der Waals surface area contributed by atoms with Gasteiger partial charge in [-0.2, -0.15) is 13.2 Å². The third-order valence-electron chi connectivity index (χ3n) is 1.34. The van der Waals surface area contributed by atoms with Gasteiger partial charge in [-0.3, -0.25) is 4.79 Å². The maximum absolute atomic E-state index is 12.5. The lowest BCUT2D eigenvalue weighted by atomic mass is 10.3. The number of nitrogens with two attached hydrogens (primary N) is 1. The molecule has 0 bridgehead atoms. The molecule has 9 heteroatoms. The second-order valence-corrected chi connectivity index (χ2v) is 2.94. The third kappa shape index (κ3) is 8.36. The number of halogens is 5. The first-order valence-corrected chi connectivity index (χ1v) is 4.15. The maximum atomic E-state index is 12.5. The van der Waals surface area contributed by atoms with Gasteiger partial charge in [0, 0.05) is 0 Å². The normalized spacial score (nSPS) is 12.6. The Kier molecular flexibility index (Phi) is 5.59. The predicted octanol–water partition coefficient (Wildman–Crippen LogP) is 0.275. The minimum absolute atomic E-state index is 0.930. The average molecular weight is 250 g/mol. The van der Waals surface area contributed by atoms with Crippen molar-refractivity contribution < 1.29 is 31.5 Å². The summed E-state index contributed by atoms with van der Waals surface area (Å²) < 4.78 is 63.5. The summed E-state index contributed by atoms with van der Waals surface area (Å²) >= 11 is 0. The first-order chi connectivity index (χ1) is 7.16. The molecule has 0 fully saturated rings. The molecule has 0 heterocycles. The summed E-state index contributed by atoms with van der Waals surface area (Å²) in [4.78, 5) is 10.7. The number of rotatable bonds is 6. The van der Waals surface area contributed by atoms with Crippen LogP contribution < -0.4 is 11.1 Å². The molecule has 0 unspecified atom stereocenters. The lowest BCUT2D eigenvalue weighted by Gasteiger charge is -2.14. The quantitative estimate of drug-likeness (QED) is 0.665. The van der Waals surface area contributed by atoms with E-state index in [0.29, 0.717) is 0 Å². The molecule has 0 aliphatic rings. The third-order valence-corrected chi connectivity index (χ3v) is 1.34. The second kappa shape index (κ2) is 5.94. The first-order valence-electron chi connectivity index (χ1n) is 4.15. The van der Waals surface area contributed by atoms with E-state index in [1.807, 2.05) is 0 Å². The molecule has 1 amide bonds. The number of hydrogen-bond donors (Lipinski definition) is 2. The largest absolute Gasteiger partial charge is 0.411 e. The highest BCUT2D eigenvalue weighted by molar-refractivity contribution is 5.77. The SMILES string of the molecule is NCC(F)(F)CNC(=O)COCC(F)(F)F. The van der Waals surface area contributed by atoms with E-state index in [1.165, 1.54) is 0 Å². The van der Waals surface area contributed by atoms with Crippen LogP contribution in [0, 0.1) is 0 Å². The van der Waals surface area contributed by atoms with Gasteiger partial charge < -0.3 is 15.8 Å². The highest BCUT2D eigenvalue weighted by atomic mass is 19.4. The van der Waals surface area contributed by atoms with Crippen LogP contribution in [-0.2, 0) is 9.53 Å². The summed E-state index contributed by atoms with van der Waals surface area (Å²) in [6.07, 6.45) is -4.55.